The molecule has 0 saturated heterocycles. The van der Waals surface area contributed by atoms with Crippen LogP contribution in [0.2, 0.25) is 0 Å². The second-order valence-corrected chi connectivity index (χ2v) is 2.14. The highest BCUT2D eigenvalue weighted by molar-refractivity contribution is 5.86. The highest BCUT2D eigenvalue weighted by Gasteiger charge is 2.07. The molecule has 0 atom stereocenters. The number of hydrogen-bond donors (Lipinski definition) is 1. The Balaban J connectivity index is 3.40. The number of carboxylic acids is 1. The molecule has 0 aliphatic rings. The van der Waals surface area contributed by atoms with Crippen molar-refractivity contribution in [3.05, 3.63) is 34.2 Å². The number of aromatic carboxylic acids is 1. The first-order valence-corrected chi connectivity index (χ1v) is 3.02. The molecule has 0 bridgehead atoms. The minimum Gasteiger partial charge on any atom is -0.477 e. The van der Waals surface area contributed by atoms with Gasteiger partial charge >= 0.3 is 5.97 Å². The van der Waals surface area contributed by atoms with E-state index in [2.05, 4.69) is 0 Å². The van der Waals surface area contributed by atoms with Crippen molar-refractivity contribution in [3.63, 3.8) is 0 Å². The third-order valence-corrected chi connectivity index (χ3v) is 1.35. The predicted octanol–water partition coefficient (Wildman–Crippen LogP) is 0.0835. The Morgan fingerprint density at radius 3 is 2.73 bits per heavy atom. The van der Waals surface area contributed by atoms with Gasteiger partial charge in [0.25, 0.3) is 5.56 Å². The standard InChI is InChI=1S/C7H7NO3/c1-8-4-2-3-5(6(8)9)7(10)11/h2-4H,1H3,(H,10,11). The van der Waals surface area contributed by atoms with Gasteiger partial charge in [-0.15, -0.1) is 0 Å². The van der Waals surface area contributed by atoms with Gasteiger partial charge in [-0.2, -0.15) is 0 Å². The van der Waals surface area contributed by atoms with Gasteiger partial charge in [0.05, 0.1) is 0 Å². The third-order valence-electron chi connectivity index (χ3n) is 1.35. The maximum Gasteiger partial charge on any atom is 0.341 e. The summed E-state index contributed by atoms with van der Waals surface area (Å²) in [7, 11) is 1.51. The Hall–Kier alpha value is -1.58. The van der Waals surface area contributed by atoms with Gasteiger partial charge in [-0.25, -0.2) is 4.79 Å². The molecule has 4 nitrogen and oxygen atoms in total. The quantitative estimate of drug-likeness (QED) is 0.621. The van der Waals surface area contributed by atoms with Crippen LogP contribution in [-0.2, 0) is 7.05 Å². The number of carboxylic acid groups (broad SMARTS) is 1. The molecule has 0 radical (unpaired) electrons. The lowest BCUT2D eigenvalue weighted by atomic mass is 10.3. The fourth-order valence-corrected chi connectivity index (χ4v) is 0.760. The lowest BCUT2D eigenvalue weighted by Gasteiger charge is -1.96. The van der Waals surface area contributed by atoms with Crippen LogP contribution in [0, 0.1) is 0 Å². The van der Waals surface area contributed by atoms with Crippen molar-refractivity contribution < 1.29 is 9.90 Å². The van der Waals surface area contributed by atoms with Crippen molar-refractivity contribution in [2.45, 2.75) is 0 Å². The molecular formula is C7H7NO3. The first-order valence-electron chi connectivity index (χ1n) is 3.02. The second kappa shape index (κ2) is 2.57. The monoisotopic (exact) mass is 153 g/mol. The molecule has 1 N–H and O–H groups in total. The molecule has 58 valence electrons. The minimum atomic E-state index is -1.19. The molecule has 0 aliphatic heterocycles. The molecule has 1 aromatic rings. The molecule has 0 unspecified atom stereocenters. The Morgan fingerprint density at radius 2 is 2.27 bits per heavy atom. The molecule has 0 amide bonds. The molecule has 0 fully saturated rings. The van der Waals surface area contributed by atoms with Crippen LogP contribution < -0.4 is 5.56 Å². The van der Waals surface area contributed by atoms with Gasteiger partial charge in [-0.05, 0) is 12.1 Å². The lowest BCUT2D eigenvalue weighted by molar-refractivity contribution is 0.0694. The fraction of sp³-hybridized carbons (Fsp3) is 0.143. The fourth-order valence-electron chi connectivity index (χ4n) is 0.760. The van der Waals surface area contributed by atoms with E-state index >= 15 is 0 Å². The molecule has 4 heteroatoms. The van der Waals surface area contributed by atoms with E-state index in [4.69, 9.17) is 5.11 Å². The SMILES string of the molecule is Cn1cccc(C(=O)O)c1=O. The summed E-state index contributed by atoms with van der Waals surface area (Å²) in [6.07, 6.45) is 1.51. The molecular weight excluding hydrogens is 146 g/mol. The summed E-state index contributed by atoms with van der Waals surface area (Å²) in [5.41, 5.74) is -0.685. The van der Waals surface area contributed by atoms with Crippen molar-refractivity contribution in [2.75, 3.05) is 0 Å². The van der Waals surface area contributed by atoms with Gasteiger partial charge in [-0.3, -0.25) is 4.79 Å². The zero-order valence-corrected chi connectivity index (χ0v) is 5.94. The van der Waals surface area contributed by atoms with E-state index in [9.17, 15) is 9.59 Å². The Kier molecular flexibility index (Phi) is 1.76. The lowest BCUT2D eigenvalue weighted by Crippen LogP contribution is -2.22. The molecule has 1 heterocycles. The number of carbonyl (C=O) groups is 1. The summed E-state index contributed by atoms with van der Waals surface area (Å²) in [4.78, 5) is 21.4. The van der Waals surface area contributed by atoms with E-state index < -0.39 is 11.5 Å². The smallest absolute Gasteiger partial charge is 0.341 e. The largest absolute Gasteiger partial charge is 0.477 e. The zero-order chi connectivity index (χ0) is 8.43. The molecule has 11 heavy (non-hydrogen) atoms. The Labute approximate surface area is 62.7 Å². The van der Waals surface area contributed by atoms with Crippen LogP contribution in [0.3, 0.4) is 0 Å². The summed E-state index contributed by atoms with van der Waals surface area (Å²) in [6, 6.07) is 2.80. The summed E-state index contributed by atoms with van der Waals surface area (Å²) < 4.78 is 1.23. The van der Waals surface area contributed by atoms with Gasteiger partial charge < -0.3 is 9.67 Å². The maximum atomic E-state index is 11.0. The van der Waals surface area contributed by atoms with Crippen LogP contribution in [0.5, 0.6) is 0 Å². The second-order valence-electron chi connectivity index (χ2n) is 2.14. The highest BCUT2D eigenvalue weighted by Crippen LogP contribution is 1.89. The van der Waals surface area contributed by atoms with Crippen molar-refractivity contribution in [3.8, 4) is 0 Å². The summed E-state index contributed by atoms with van der Waals surface area (Å²) in [5, 5.41) is 8.48. The van der Waals surface area contributed by atoms with E-state index in [1.54, 1.807) is 0 Å². The molecule has 1 aromatic heterocycles. The zero-order valence-electron chi connectivity index (χ0n) is 5.94. The van der Waals surface area contributed by atoms with E-state index in [0.29, 0.717) is 0 Å². The molecule has 0 aromatic carbocycles. The Morgan fingerprint density at radius 1 is 1.64 bits per heavy atom. The number of nitrogens with zero attached hydrogens (tertiary/aromatic N) is 1. The first-order chi connectivity index (χ1) is 5.13. The summed E-state index contributed by atoms with van der Waals surface area (Å²) in [5.74, 6) is -1.19. The molecule has 1 rings (SSSR count). The van der Waals surface area contributed by atoms with Crippen LogP contribution in [0.15, 0.2) is 23.1 Å². The van der Waals surface area contributed by atoms with E-state index in [1.165, 1.54) is 29.9 Å². The van der Waals surface area contributed by atoms with E-state index in [0.717, 1.165) is 0 Å². The highest BCUT2D eigenvalue weighted by atomic mass is 16.4. The molecule has 0 saturated carbocycles. The maximum absolute atomic E-state index is 11.0. The van der Waals surface area contributed by atoms with E-state index in [1.807, 2.05) is 0 Å². The molecule has 0 aliphatic carbocycles. The third kappa shape index (κ3) is 1.29. The van der Waals surface area contributed by atoms with Crippen molar-refractivity contribution >= 4 is 5.97 Å². The van der Waals surface area contributed by atoms with Crippen molar-refractivity contribution in [1.29, 1.82) is 0 Å². The molecule has 0 spiro atoms. The first kappa shape index (κ1) is 7.53. The van der Waals surface area contributed by atoms with Gasteiger partial charge in [0.2, 0.25) is 0 Å². The van der Waals surface area contributed by atoms with Crippen LogP contribution in [-0.4, -0.2) is 15.6 Å². The number of aromatic nitrogens is 1. The summed E-state index contributed by atoms with van der Waals surface area (Å²) >= 11 is 0. The number of hydrogen-bond acceptors (Lipinski definition) is 2. The van der Waals surface area contributed by atoms with Crippen LogP contribution in [0.25, 0.3) is 0 Å². The normalized spacial score (nSPS) is 9.55. The summed E-state index contributed by atoms with van der Waals surface area (Å²) in [6.45, 7) is 0. The van der Waals surface area contributed by atoms with Crippen LogP contribution in [0.1, 0.15) is 10.4 Å². The number of aryl methyl sites for hydroxylation is 1. The van der Waals surface area contributed by atoms with Gasteiger partial charge in [0, 0.05) is 13.2 Å². The average Bonchev–Trinajstić information content (AvgIpc) is 1.94. The van der Waals surface area contributed by atoms with Crippen molar-refractivity contribution in [2.24, 2.45) is 7.05 Å². The van der Waals surface area contributed by atoms with Crippen LogP contribution >= 0.6 is 0 Å². The van der Waals surface area contributed by atoms with Gasteiger partial charge in [0.15, 0.2) is 0 Å². The minimum absolute atomic E-state index is 0.199. The predicted molar refractivity (Wildman–Crippen MR) is 38.6 cm³/mol. The Bertz CT molecular complexity index is 340. The average molecular weight is 153 g/mol. The van der Waals surface area contributed by atoms with Gasteiger partial charge in [-0.1, -0.05) is 0 Å². The van der Waals surface area contributed by atoms with Crippen molar-refractivity contribution in [1.82, 2.24) is 4.57 Å². The number of pyridine rings is 1. The number of rotatable bonds is 1. The topological polar surface area (TPSA) is 59.3 Å². The van der Waals surface area contributed by atoms with Crippen LogP contribution in [0.4, 0.5) is 0 Å². The van der Waals surface area contributed by atoms with E-state index in [-0.39, 0.29) is 5.56 Å². The van der Waals surface area contributed by atoms with Gasteiger partial charge in [0.1, 0.15) is 5.56 Å².